The van der Waals surface area contributed by atoms with E-state index in [1.165, 1.54) is 4.57 Å². The molecule has 0 aliphatic rings. The van der Waals surface area contributed by atoms with E-state index in [0.29, 0.717) is 11.3 Å². The van der Waals surface area contributed by atoms with Gasteiger partial charge in [0.25, 0.3) is 11.5 Å². The van der Waals surface area contributed by atoms with E-state index in [1.54, 1.807) is 31.2 Å². The van der Waals surface area contributed by atoms with Crippen LogP contribution in [0.4, 0.5) is 5.69 Å². The second-order valence-electron chi connectivity index (χ2n) is 7.30. The fourth-order valence-corrected chi connectivity index (χ4v) is 3.12. The van der Waals surface area contributed by atoms with Crippen molar-refractivity contribution in [3.63, 3.8) is 0 Å². The Labute approximate surface area is 175 Å². The van der Waals surface area contributed by atoms with Crippen LogP contribution in [0.2, 0.25) is 0 Å². The molecule has 1 heterocycles. The largest absolute Gasteiger partial charge is 0.348 e. The number of carbonyl (C=O) groups is 2. The van der Waals surface area contributed by atoms with E-state index < -0.39 is 5.56 Å². The molecule has 2 amide bonds. The van der Waals surface area contributed by atoms with Gasteiger partial charge in [-0.3, -0.25) is 14.4 Å². The summed E-state index contributed by atoms with van der Waals surface area (Å²) in [4.78, 5) is 37.9. The molecule has 2 N–H and O–H groups in total. The lowest BCUT2D eigenvalue weighted by Crippen LogP contribution is -2.35. The Morgan fingerprint density at radius 3 is 2.27 bits per heavy atom. The quantitative estimate of drug-likeness (QED) is 0.660. The minimum atomic E-state index is -0.419. The van der Waals surface area contributed by atoms with Crippen LogP contribution in [0.3, 0.4) is 0 Å². The molecule has 6 heteroatoms. The van der Waals surface area contributed by atoms with Gasteiger partial charge in [-0.05, 0) is 50.6 Å². The normalized spacial score (nSPS) is 11.6. The van der Waals surface area contributed by atoms with Crippen molar-refractivity contribution >= 4 is 17.5 Å². The Kier molecular flexibility index (Phi) is 6.47. The van der Waals surface area contributed by atoms with Crippen molar-refractivity contribution < 1.29 is 9.59 Å². The van der Waals surface area contributed by atoms with Gasteiger partial charge < -0.3 is 15.2 Å². The van der Waals surface area contributed by atoms with Gasteiger partial charge in [-0.2, -0.15) is 0 Å². The molecule has 0 spiro atoms. The first-order valence-corrected chi connectivity index (χ1v) is 9.78. The molecule has 3 rings (SSSR count). The maximum atomic E-state index is 12.9. The average Bonchev–Trinajstić information content (AvgIpc) is 2.74. The van der Waals surface area contributed by atoms with E-state index in [4.69, 9.17) is 0 Å². The summed E-state index contributed by atoms with van der Waals surface area (Å²) in [6, 6.07) is 19.8. The summed E-state index contributed by atoms with van der Waals surface area (Å²) < 4.78 is 1.36. The predicted molar refractivity (Wildman–Crippen MR) is 118 cm³/mol. The second-order valence-corrected chi connectivity index (χ2v) is 7.30. The van der Waals surface area contributed by atoms with Crippen LogP contribution in [-0.2, 0) is 11.3 Å². The number of aromatic nitrogens is 1. The van der Waals surface area contributed by atoms with Crippen molar-refractivity contribution in [1.82, 2.24) is 9.88 Å². The van der Waals surface area contributed by atoms with Crippen LogP contribution in [0.15, 0.2) is 71.5 Å². The highest BCUT2D eigenvalue weighted by Crippen LogP contribution is 2.12. The number of carbonyl (C=O) groups excluding carboxylic acids is 2. The van der Waals surface area contributed by atoms with Gasteiger partial charge in [-0.1, -0.05) is 48.0 Å². The first-order chi connectivity index (χ1) is 14.3. The maximum Gasteiger partial charge on any atom is 0.274 e. The van der Waals surface area contributed by atoms with E-state index in [9.17, 15) is 14.4 Å². The molecule has 0 fully saturated rings. The zero-order valence-corrected chi connectivity index (χ0v) is 17.3. The molecular weight excluding hydrogens is 378 g/mol. The Bertz CT molecular complexity index is 1100. The average molecular weight is 403 g/mol. The summed E-state index contributed by atoms with van der Waals surface area (Å²) in [7, 11) is 0. The van der Waals surface area contributed by atoms with Gasteiger partial charge in [0.15, 0.2) is 0 Å². The molecule has 0 unspecified atom stereocenters. The topological polar surface area (TPSA) is 80.2 Å². The Morgan fingerprint density at radius 2 is 1.60 bits per heavy atom. The number of anilines is 1. The van der Waals surface area contributed by atoms with Crippen molar-refractivity contribution in [1.29, 1.82) is 0 Å². The van der Waals surface area contributed by atoms with E-state index in [0.717, 1.165) is 11.1 Å². The monoisotopic (exact) mass is 403 g/mol. The van der Waals surface area contributed by atoms with E-state index >= 15 is 0 Å². The maximum absolute atomic E-state index is 12.9. The van der Waals surface area contributed by atoms with Crippen LogP contribution >= 0.6 is 0 Å². The lowest BCUT2D eigenvalue weighted by molar-refractivity contribution is -0.122. The zero-order valence-electron chi connectivity index (χ0n) is 17.3. The second kappa shape index (κ2) is 9.22. The molecule has 154 valence electrons. The van der Waals surface area contributed by atoms with Crippen molar-refractivity contribution in [3.05, 3.63) is 99.5 Å². The standard InChI is InChI=1S/C24H25N3O3/c1-16-9-12-20(13-10-16)23(29)26-21-14-11-17(2)27(24(21)30)15-22(28)25-18(3)19-7-5-4-6-8-19/h4-14,18H,15H2,1-3H3,(H,25,28)(H,26,29)/t18-/m1/s1. The minimum Gasteiger partial charge on any atom is -0.348 e. The highest BCUT2D eigenvalue weighted by Gasteiger charge is 2.15. The molecular formula is C24H25N3O3. The summed E-state index contributed by atoms with van der Waals surface area (Å²) in [6.45, 7) is 5.45. The minimum absolute atomic E-state index is 0.129. The number of nitrogens with zero attached hydrogens (tertiary/aromatic N) is 1. The van der Waals surface area contributed by atoms with Crippen LogP contribution < -0.4 is 16.2 Å². The Hall–Kier alpha value is -3.67. The Balaban J connectivity index is 1.74. The number of amides is 2. The molecule has 0 bridgehead atoms. The van der Waals surface area contributed by atoms with Crippen LogP contribution in [0.5, 0.6) is 0 Å². The lowest BCUT2D eigenvalue weighted by atomic mass is 10.1. The third-order valence-electron chi connectivity index (χ3n) is 4.93. The van der Waals surface area contributed by atoms with Gasteiger partial charge in [0, 0.05) is 11.3 Å². The number of rotatable bonds is 6. The van der Waals surface area contributed by atoms with E-state index in [1.807, 2.05) is 56.3 Å². The SMILES string of the molecule is Cc1ccc(C(=O)Nc2ccc(C)n(CC(=O)N[C@H](C)c3ccccc3)c2=O)cc1. The fourth-order valence-electron chi connectivity index (χ4n) is 3.12. The van der Waals surface area contributed by atoms with Gasteiger partial charge >= 0.3 is 0 Å². The van der Waals surface area contributed by atoms with Crippen molar-refractivity contribution in [2.75, 3.05) is 5.32 Å². The summed E-state index contributed by atoms with van der Waals surface area (Å²) >= 11 is 0. The highest BCUT2D eigenvalue weighted by atomic mass is 16.2. The van der Waals surface area contributed by atoms with Gasteiger partial charge in [0.2, 0.25) is 5.91 Å². The van der Waals surface area contributed by atoms with Crippen LogP contribution in [-0.4, -0.2) is 16.4 Å². The molecule has 0 saturated carbocycles. The van der Waals surface area contributed by atoms with E-state index in [-0.39, 0.29) is 30.1 Å². The Morgan fingerprint density at radius 1 is 0.933 bits per heavy atom. The molecule has 1 atom stereocenters. The number of nitrogens with one attached hydrogen (secondary N) is 2. The lowest BCUT2D eigenvalue weighted by Gasteiger charge is -2.16. The molecule has 0 aliphatic carbocycles. The molecule has 0 saturated heterocycles. The number of pyridine rings is 1. The number of hydrogen-bond donors (Lipinski definition) is 2. The first kappa shape index (κ1) is 21.0. The molecule has 30 heavy (non-hydrogen) atoms. The van der Waals surface area contributed by atoms with Crippen molar-refractivity contribution in [2.45, 2.75) is 33.4 Å². The predicted octanol–water partition coefficient (Wildman–Crippen LogP) is 3.59. The third kappa shape index (κ3) is 5.03. The van der Waals surface area contributed by atoms with Gasteiger partial charge in [0.05, 0.1) is 6.04 Å². The third-order valence-corrected chi connectivity index (χ3v) is 4.93. The summed E-state index contributed by atoms with van der Waals surface area (Å²) in [5.74, 6) is -0.650. The van der Waals surface area contributed by atoms with Crippen molar-refractivity contribution in [3.8, 4) is 0 Å². The molecule has 3 aromatic rings. The molecule has 2 aromatic carbocycles. The molecule has 0 radical (unpaired) electrons. The summed E-state index contributed by atoms with van der Waals surface area (Å²) in [5, 5.41) is 5.55. The van der Waals surface area contributed by atoms with Crippen LogP contribution in [0, 0.1) is 13.8 Å². The molecule has 6 nitrogen and oxygen atoms in total. The van der Waals surface area contributed by atoms with Gasteiger partial charge in [-0.15, -0.1) is 0 Å². The first-order valence-electron chi connectivity index (χ1n) is 9.78. The van der Waals surface area contributed by atoms with Crippen LogP contribution in [0.25, 0.3) is 0 Å². The molecule has 0 aliphatic heterocycles. The van der Waals surface area contributed by atoms with Gasteiger partial charge in [-0.25, -0.2) is 0 Å². The summed E-state index contributed by atoms with van der Waals surface area (Å²) in [5.41, 5.74) is 2.83. The van der Waals surface area contributed by atoms with Gasteiger partial charge in [0.1, 0.15) is 12.2 Å². The number of aryl methyl sites for hydroxylation is 2. The smallest absolute Gasteiger partial charge is 0.274 e. The molecule has 1 aromatic heterocycles. The van der Waals surface area contributed by atoms with Crippen LogP contribution in [0.1, 0.15) is 40.1 Å². The number of hydrogen-bond acceptors (Lipinski definition) is 3. The van der Waals surface area contributed by atoms with Crippen molar-refractivity contribution in [2.24, 2.45) is 0 Å². The summed E-state index contributed by atoms with van der Waals surface area (Å²) in [6.07, 6.45) is 0. The fraction of sp³-hybridized carbons (Fsp3) is 0.208. The highest BCUT2D eigenvalue weighted by molar-refractivity contribution is 6.04. The zero-order chi connectivity index (χ0) is 21.7. The number of benzene rings is 2. The van der Waals surface area contributed by atoms with E-state index in [2.05, 4.69) is 10.6 Å².